The van der Waals surface area contributed by atoms with Crippen LogP contribution in [0.2, 0.25) is 0 Å². The zero-order valence-corrected chi connectivity index (χ0v) is 19.6. The average molecular weight is 494 g/mol. The molecule has 1 saturated carbocycles. The van der Waals surface area contributed by atoms with Gasteiger partial charge in [-0.2, -0.15) is 10.1 Å². The number of ether oxygens (including phenoxy) is 2. The van der Waals surface area contributed by atoms with E-state index in [-0.39, 0.29) is 18.2 Å². The van der Waals surface area contributed by atoms with Gasteiger partial charge < -0.3 is 24.8 Å². The maximum Gasteiger partial charge on any atom is 0.459 e. The Kier molecular flexibility index (Phi) is 6.79. The number of nitrogen functional groups attached to an aromatic ring is 1. The zero-order chi connectivity index (χ0) is 24.5. The van der Waals surface area contributed by atoms with E-state index in [9.17, 15) is 19.3 Å². The van der Waals surface area contributed by atoms with E-state index < -0.39 is 49.3 Å². The number of nitrogens with one attached hydrogen (secondary N) is 1. The number of rotatable bonds is 9. The molecule has 1 spiro atoms. The summed E-state index contributed by atoms with van der Waals surface area (Å²) in [6.07, 6.45) is 0.0243. The summed E-state index contributed by atoms with van der Waals surface area (Å²) in [6.45, 7) is 1.12. The van der Waals surface area contributed by atoms with Crippen LogP contribution in [0.25, 0.3) is 0 Å². The standard InChI is InChI=1S/C21H27N4O8P/c1-13(18(27)30-2)24-34(29,33-14-6-4-3-5-7-14)31-12-15-17(26)21(9-10-21)19(32-15)25-11-8-16(22)23-20(25)28/h3-8,11,13,15,17,19,26H,9-10,12H2,1-2H3,(H,24,29)(H2,22,23,28)/t13-,15+,17+,19+,34?/m0/s1. The summed E-state index contributed by atoms with van der Waals surface area (Å²) in [5.74, 6) is -0.335. The molecular weight excluding hydrogens is 467 g/mol. The van der Waals surface area contributed by atoms with Crippen LogP contribution < -0.4 is 21.0 Å². The third-order valence-corrected chi connectivity index (χ3v) is 7.60. The fourth-order valence-corrected chi connectivity index (χ4v) is 5.51. The predicted octanol–water partition coefficient (Wildman–Crippen LogP) is 1.22. The van der Waals surface area contributed by atoms with Crippen LogP contribution in [0.1, 0.15) is 26.0 Å². The van der Waals surface area contributed by atoms with Crippen LogP contribution in [-0.4, -0.2) is 52.6 Å². The number of esters is 1. The molecule has 1 aromatic heterocycles. The first-order valence-electron chi connectivity index (χ1n) is 10.7. The van der Waals surface area contributed by atoms with Gasteiger partial charge >= 0.3 is 19.4 Å². The molecule has 4 N–H and O–H groups in total. The second-order valence-electron chi connectivity index (χ2n) is 8.32. The quantitative estimate of drug-likeness (QED) is 0.339. The Labute approximate surface area is 195 Å². The van der Waals surface area contributed by atoms with Gasteiger partial charge in [-0.1, -0.05) is 18.2 Å². The number of carbonyl (C=O) groups excluding carboxylic acids is 1. The number of anilines is 1. The lowest BCUT2D eigenvalue weighted by Crippen LogP contribution is -2.36. The molecule has 1 saturated heterocycles. The fourth-order valence-electron chi connectivity index (χ4n) is 4.00. The van der Waals surface area contributed by atoms with Crippen LogP contribution in [-0.2, 0) is 23.4 Å². The molecule has 2 aromatic rings. The van der Waals surface area contributed by atoms with Gasteiger partial charge in [0, 0.05) is 11.6 Å². The van der Waals surface area contributed by atoms with Gasteiger partial charge in [-0.25, -0.2) is 9.36 Å². The van der Waals surface area contributed by atoms with Gasteiger partial charge in [-0.05, 0) is 38.0 Å². The number of hydrogen-bond acceptors (Lipinski definition) is 10. The van der Waals surface area contributed by atoms with Crippen molar-refractivity contribution >= 4 is 19.5 Å². The minimum Gasteiger partial charge on any atom is -0.468 e. The Morgan fingerprint density at radius 1 is 1.38 bits per heavy atom. The van der Waals surface area contributed by atoms with E-state index in [1.807, 2.05) is 0 Å². The molecule has 12 nitrogen and oxygen atoms in total. The van der Waals surface area contributed by atoms with Gasteiger partial charge in [0.2, 0.25) is 0 Å². The number of aromatic nitrogens is 2. The van der Waals surface area contributed by atoms with Crippen LogP contribution in [0, 0.1) is 5.41 Å². The Morgan fingerprint density at radius 3 is 2.71 bits per heavy atom. The van der Waals surface area contributed by atoms with Gasteiger partial charge in [0.15, 0.2) is 0 Å². The number of aliphatic hydroxyl groups is 1. The molecule has 34 heavy (non-hydrogen) atoms. The molecule has 5 atom stereocenters. The van der Waals surface area contributed by atoms with Gasteiger partial charge in [0.1, 0.15) is 29.9 Å². The lowest BCUT2D eigenvalue weighted by atomic mass is 9.96. The maximum absolute atomic E-state index is 13.5. The van der Waals surface area contributed by atoms with Gasteiger partial charge in [-0.15, -0.1) is 0 Å². The molecule has 0 amide bonds. The summed E-state index contributed by atoms with van der Waals surface area (Å²) in [6, 6.07) is 8.76. The van der Waals surface area contributed by atoms with E-state index in [0.717, 1.165) is 0 Å². The Bertz CT molecular complexity index is 1140. The van der Waals surface area contributed by atoms with E-state index in [1.165, 1.54) is 30.9 Å². The summed E-state index contributed by atoms with van der Waals surface area (Å²) in [5, 5.41) is 13.5. The number of carbonyl (C=O) groups is 1. The molecule has 1 aromatic carbocycles. The van der Waals surface area contributed by atoms with E-state index in [1.54, 1.807) is 30.3 Å². The first kappa shape index (κ1) is 24.4. The molecule has 1 aliphatic heterocycles. The second-order valence-corrected chi connectivity index (χ2v) is 10.0. The minimum atomic E-state index is -4.11. The zero-order valence-electron chi connectivity index (χ0n) is 18.7. The molecular formula is C21H27N4O8P. The molecule has 0 bridgehead atoms. The largest absolute Gasteiger partial charge is 0.468 e. The molecule has 13 heteroatoms. The van der Waals surface area contributed by atoms with Crippen LogP contribution in [0.15, 0.2) is 47.4 Å². The number of methoxy groups -OCH3 is 1. The summed E-state index contributed by atoms with van der Waals surface area (Å²) >= 11 is 0. The summed E-state index contributed by atoms with van der Waals surface area (Å²) in [5.41, 5.74) is 4.29. The number of hydrogen-bond donors (Lipinski definition) is 3. The highest BCUT2D eigenvalue weighted by atomic mass is 31.2. The van der Waals surface area contributed by atoms with Crippen molar-refractivity contribution in [1.82, 2.24) is 14.6 Å². The first-order valence-corrected chi connectivity index (χ1v) is 12.2. The van der Waals surface area contributed by atoms with Crippen molar-refractivity contribution in [3.63, 3.8) is 0 Å². The van der Waals surface area contributed by atoms with Crippen LogP contribution >= 0.6 is 7.75 Å². The van der Waals surface area contributed by atoms with Crippen molar-refractivity contribution in [3.05, 3.63) is 53.1 Å². The normalized spacial score (nSPS) is 25.4. The highest BCUT2D eigenvalue weighted by Gasteiger charge is 2.64. The first-order chi connectivity index (χ1) is 16.2. The smallest absolute Gasteiger partial charge is 0.459 e. The van der Waals surface area contributed by atoms with Crippen LogP contribution in [0.3, 0.4) is 0 Å². The molecule has 0 radical (unpaired) electrons. The minimum absolute atomic E-state index is 0.0781. The van der Waals surface area contributed by atoms with Crippen molar-refractivity contribution in [2.24, 2.45) is 5.41 Å². The third-order valence-electron chi connectivity index (χ3n) is 5.95. The van der Waals surface area contributed by atoms with Gasteiger partial charge in [0.25, 0.3) is 0 Å². The number of para-hydroxylation sites is 1. The molecule has 2 aliphatic rings. The molecule has 4 rings (SSSR count). The average Bonchev–Trinajstić information content (AvgIpc) is 3.56. The number of benzene rings is 1. The third kappa shape index (κ3) is 4.86. The summed E-state index contributed by atoms with van der Waals surface area (Å²) < 4.78 is 36.6. The van der Waals surface area contributed by atoms with Gasteiger partial charge in [-0.3, -0.25) is 13.9 Å². The van der Waals surface area contributed by atoms with Crippen LogP contribution in [0.5, 0.6) is 5.75 Å². The predicted molar refractivity (Wildman–Crippen MR) is 120 cm³/mol. The van der Waals surface area contributed by atoms with Crippen molar-refractivity contribution in [2.45, 2.75) is 44.2 Å². The Morgan fingerprint density at radius 2 is 2.09 bits per heavy atom. The number of aliphatic hydroxyl groups excluding tert-OH is 1. The van der Waals surface area contributed by atoms with Crippen molar-refractivity contribution in [3.8, 4) is 5.75 Å². The lowest BCUT2D eigenvalue weighted by Gasteiger charge is -2.24. The van der Waals surface area contributed by atoms with E-state index in [0.29, 0.717) is 12.8 Å². The Balaban J connectivity index is 1.52. The van der Waals surface area contributed by atoms with E-state index in [2.05, 4.69) is 14.8 Å². The highest BCUT2D eigenvalue weighted by molar-refractivity contribution is 7.52. The SMILES string of the molecule is COC(=O)[C@H](C)NP(=O)(OC[C@H]1O[C@@H](n2ccc(N)nc2=O)C2(CC2)[C@@H]1O)Oc1ccccc1. The molecule has 1 unspecified atom stereocenters. The topological polar surface area (TPSA) is 164 Å². The number of nitrogens with two attached hydrogens (primary N) is 1. The van der Waals surface area contributed by atoms with E-state index >= 15 is 0 Å². The molecule has 2 fully saturated rings. The van der Waals surface area contributed by atoms with Crippen molar-refractivity contribution in [2.75, 3.05) is 19.5 Å². The van der Waals surface area contributed by atoms with Crippen molar-refractivity contribution in [1.29, 1.82) is 0 Å². The highest BCUT2D eigenvalue weighted by Crippen LogP contribution is 2.62. The molecule has 2 heterocycles. The Hall–Kier alpha value is -2.76. The summed E-state index contributed by atoms with van der Waals surface area (Å²) in [4.78, 5) is 28.0. The van der Waals surface area contributed by atoms with E-state index in [4.69, 9.17) is 19.5 Å². The fraction of sp³-hybridized carbons (Fsp3) is 0.476. The lowest BCUT2D eigenvalue weighted by molar-refractivity contribution is -0.142. The van der Waals surface area contributed by atoms with Gasteiger partial charge in [0.05, 0.1) is 19.8 Å². The van der Waals surface area contributed by atoms with Crippen LogP contribution in [0.4, 0.5) is 5.82 Å². The molecule has 184 valence electrons. The maximum atomic E-state index is 13.5. The monoisotopic (exact) mass is 494 g/mol. The summed E-state index contributed by atoms with van der Waals surface area (Å²) in [7, 11) is -2.91. The van der Waals surface area contributed by atoms with Crippen molar-refractivity contribution < 1.29 is 33.0 Å². The second kappa shape index (κ2) is 9.47. The molecule has 1 aliphatic carbocycles. The number of nitrogens with zero attached hydrogens (tertiary/aromatic N) is 2.